The van der Waals surface area contributed by atoms with Crippen LogP contribution in [0.25, 0.3) is 5.69 Å². The van der Waals surface area contributed by atoms with Crippen LogP contribution in [0.15, 0.2) is 53.6 Å². The number of anilines is 1. The van der Waals surface area contributed by atoms with Crippen molar-refractivity contribution in [3.05, 3.63) is 76.1 Å². The van der Waals surface area contributed by atoms with Gasteiger partial charge in [0.05, 0.1) is 19.9 Å². The van der Waals surface area contributed by atoms with Crippen molar-refractivity contribution in [1.29, 1.82) is 0 Å². The molecule has 0 radical (unpaired) electrons. The average molecular weight is 369 g/mol. The van der Waals surface area contributed by atoms with Crippen molar-refractivity contribution in [3.8, 4) is 17.2 Å². The van der Waals surface area contributed by atoms with Crippen molar-refractivity contribution in [2.24, 2.45) is 0 Å². The maximum Gasteiger partial charge on any atom is 0.297 e. The third kappa shape index (κ3) is 3.92. The van der Waals surface area contributed by atoms with Crippen molar-refractivity contribution in [2.75, 3.05) is 19.5 Å². The molecule has 0 aliphatic heterocycles. The molecule has 1 N–H and O–H groups in total. The van der Waals surface area contributed by atoms with Gasteiger partial charge in [-0.15, -0.1) is 0 Å². The molecular weight excluding hydrogens is 349 g/mol. The molecule has 6 nitrogen and oxygen atoms in total. The predicted octanol–water partition coefficient (Wildman–Crippen LogP) is 3.31. The van der Waals surface area contributed by atoms with Gasteiger partial charge in [-0.1, -0.05) is 12.1 Å². The zero-order valence-corrected chi connectivity index (χ0v) is 15.3. The first kappa shape index (κ1) is 18.4. The smallest absolute Gasteiger partial charge is 0.297 e. The maximum absolute atomic E-state index is 13.8. The van der Waals surface area contributed by atoms with Crippen LogP contribution in [0, 0.1) is 12.7 Å². The summed E-state index contributed by atoms with van der Waals surface area (Å²) >= 11 is 0. The highest BCUT2D eigenvalue weighted by Crippen LogP contribution is 2.27. The molecule has 0 aliphatic rings. The minimum Gasteiger partial charge on any atom is -0.493 e. The summed E-state index contributed by atoms with van der Waals surface area (Å²) in [5.74, 6) is 1.04. The van der Waals surface area contributed by atoms with Gasteiger partial charge in [0.15, 0.2) is 17.3 Å². The third-order valence-electron chi connectivity index (χ3n) is 4.18. The number of aromatic nitrogens is 2. The molecule has 3 rings (SSSR count). The lowest BCUT2D eigenvalue weighted by Gasteiger charge is -2.12. The highest BCUT2D eigenvalue weighted by Gasteiger charge is 2.09. The molecule has 0 unspecified atom stereocenters. The van der Waals surface area contributed by atoms with Gasteiger partial charge >= 0.3 is 0 Å². The van der Waals surface area contributed by atoms with Gasteiger partial charge in [-0.05, 0) is 42.3 Å². The molecule has 0 spiro atoms. The number of hydrogen-bond donors (Lipinski definition) is 1. The second kappa shape index (κ2) is 7.90. The van der Waals surface area contributed by atoms with Gasteiger partial charge in [-0.2, -0.15) is 0 Å². The zero-order chi connectivity index (χ0) is 19.4. The topological polar surface area (TPSA) is 65.4 Å². The van der Waals surface area contributed by atoms with Crippen LogP contribution in [0.3, 0.4) is 0 Å². The number of methoxy groups -OCH3 is 2. The number of ether oxygens (including phenoxy) is 2. The van der Waals surface area contributed by atoms with Crippen LogP contribution in [-0.2, 0) is 6.54 Å². The molecule has 0 aliphatic carbocycles. The zero-order valence-electron chi connectivity index (χ0n) is 15.3. The van der Waals surface area contributed by atoms with Gasteiger partial charge < -0.3 is 14.8 Å². The lowest BCUT2D eigenvalue weighted by molar-refractivity contribution is 0.354. The first-order valence-corrected chi connectivity index (χ1v) is 8.32. The highest BCUT2D eigenvalue weighted by molar-refractivity contribution is 5.45. The lowest BCUT2D eigenvalue weighted by atomic mass is 10.2. The van der Waals surface area contributed by atoms with Gasteiger partial charge in [0.1, 0.15) is 5.82 Å². The summed E-state index contributed by atoms with van der Waals surface area (Å²) in [6, 6.07) is 10.1. The molecule has 0 saturated carbocycles. The Morgan fingerprint density at radius 2 is 1.89 bits per heavy atom. The molecule has 140 valence electrons. The molecule has 0 bridgehead atoms. The van der Waals surface area contributed by atoms with E-state index in [0.29, 0.717) is 29.3 Å². The van der Waals surface area contributed by atoms with Gasteiger partial charge in [-0.3, -0.25) is 9.36 Å². The van der Waals surface area contributed by atoms with Crippen molar-refractivity contribution in [3.63, 3.8) is 0 Å². The Labute approximate surface area is 156 Å². The number of halogens is 1. The molecule has 0 atom stereocenters. The predicted molar refractivity (Wildman–Crippen MR) is 101 cm³/mol. The van der Waals surface area contributed by atoms with E-state index in [4.69, 9.17) is 9.47 Å². The van der Waals surface area contributed by atoms with Crippen LogP contribution < -0.4 is 20.3 Å². The Morgan fingerprint density at radius 1 is 1.11 bits per heavy atom. The number of nitrogens with one attached hydrogen (secondary N) is 1. The minimum absolute atomic E-state index is 0.174. The molecule has 0 fully saturated rings. The fourth-order valence-electron chi connectivity index (χ4n) is 2.64. The van der Waals surface area contributed by atoms with E-state index in [1.165, 1.54) is 23.0 Å². The number of rotatable bonds is 6. The molecule has 2 aromatic carbocycles. The first-order chi connectivity index (χ1) is 13.0. The monoisotopic (exact) mass is 369 g/mol. The van der Waals surface area contributed by atoms with E-state index in [-0.39, 0.29) is 17.2 Å². The lowest BCUT2D eigenvalue weighted by Crippen LogP contribution is -2.23. The Hall–Kier alpha value is -3.35. The molecule has 27 heavy (non-hydrogen) atoms. The van der Waals surface area contributed by atoms with Gasteiger partial charge in [-0.25, -0.2) is 9.37 Å². The Kier molecular flexibility index (Phi) is 5.40. The Bertz CT molecular complexity index is 1020. The van der Waals surface area contributed by atoms with E-state index in [1.807, 2.05) is 12.1 Å². The van der Waals surface area contributed by atoms with E-state index in [2.05, 4.69) is 10.3 Å². The van der Waals surface area contributed by atoms with Gasteiger partial charge in [0.2, 0.25) is 0 Å². The second-order valence-electron chi connectivity index (χ2n) is 5.93. The number of benzene rings is 2. The van der Waals surface area contributed by atoms with Crippen molar-refractivity contribution in [1.82, 2.24) is 9.55 Å². The summed E-state index contributed by atoms with van der Waals surface area (Å²) in [5, 5.41) is 3.02. The largest absolute Gasteiger partial charge is 0.493 e. The first-order valence-electron chi connectivity index (χ1n) is 8.32. The van der Waals surface area contributed by atoms with E-state index < -0.39 is 0 Å². The van der Waals surface area contributed by atoms with Crippen LogP contribution in [-0.4, -0.2) is 23.8 Å². The van der Waals surface area contributed by atoms with Crippen LogP contribution in [0.1, 0.15) is 11.1 Å². The summed E-state index contributed by atoms with van der Waals surface area (Å²) < 4.78 is 25.7. The van der Waals surface area contributed by atoms with E-state index in [0.717, 1.165) is 5.56 Å². The molecule has 0 amide bonds. The van der Waals surface area contributed by atoms with Crippen molar-refractivity contribution in [2.45, 2.75) is 13.5 Å². The van der Waals surface area contributed by atoms with E-state index in [9.17, 15) is 9.18 Å². The van der Waals surface area contributed by atoms with E-state index in [1.54, 1.807) is 39.3 Å². The van der Waals surface area contributed by atoms with Crippen LogP contribution in [0.2, 0.25) is 0 Å². The van der Waals surface area contributed by atoms with Crippen LogP contribution in [0.4, 0.5) is 10.2 Å². The molecular formula is C20H20FN3O3. The highest BCUT2D eigenvalue weighted by atomic mass is 19.1. The van der Waals surface area contributed by atoms with Crippen LogP contribution >= 0.6 is 0 Å². The normalized spacial score (nSPS) is 10.5. The van der Waals surface area contributed by atoms with Crippen LogP contribution in [0.5, 0.6) is 11.5 Å². The van der Waals surface area contributed by atoms with Gasteiger partial charge in [0.25, 0.3) is 5.56 Å². The molecule has 7 heteroatoms. The fraction of sp³-hybridized carbons (Fsp3) is 0.200. The quantitative estimate of drug-likeness (QED) is 0.722. The summed E-state index contributed by atoms with van der Waals surface area (Å²) in [5.41, 5.74) is 1.50. The molecule has 1 heterocycles. The molecule has 1 aromatic heterocycles. The summed E-state index contributed by atoms with van der Waals surface area (Å²) in [6.07, 6.45) is 3.00. The maximum atomic E-state index is 13.8. The Morgan fingerprint density at radius 3 is 2.59 bits per heavy atom. The van der Waals surface area contributed by atoms with Crippen molar-refractivity contribution >= 4 is 5.82 Å². The average Bonchev–Trinajstić information content (AvgIpc) is 2.69. The summed E-state index contributed by atoms with van der Waals surface area (Å²) in [4.78, 5) is 16.8. The number of nitrogens with zero attached hydrogens (tertiary/aromatic N) is 2. The standard InChI is InChI=1S/C20H20FN3O3/c1-13-4-6-15(11-16(13)21)24-9-8-22-19(20(24)25)23-12-14-5-7-17(26-2)18(10-14)27-3/h4-11H,12H2,1-3H3,(H,22,23). The Balaban J connectivity index is 1.84. The summed E-state index contributed by atoms with van der Waals surface area (Å²) in [6.45, 7) is 2.04. The van der Waals surface area contributed by atoms with Gasteiger partial charge in [0, 0.05) is 18.9 Å². The fourth-order valence-corrected chi connectivity index (χ4v) is 2.64. The SMILES string of the molecule is COc1ccc(CNc2nccn(-c3ccc(C)c(F)c3)c2=O)cc1OC. The second-order valence-corrected chi connectivity index (χ2v) is 5.93. The van der Waals surface area contributed by atoms with Crippen molar-refractivity contribution < 1.29 is 13.9 Å². The van der Waals surface area contributed by atoms with E-state index >= 15 is 0 Å². The summed E-state index contributed by atoms with van der Waals surface area (Å²) in [7, 11) is 3.13. The third-order valence-corrected chi connectivity index (χ3v) is 4.18. The minimum atomic E-state index is -0.365. The molecule has 3 aromatic rings. The number of aryl methyl sites for hydroxylation is 1. The number of hydrogen-bond acceptors (Lipinski definition) is 5. The molecule has 0 saturated heterocycles.